The number of benzene rings is 2. The van der Waals surface area contributed by atoms with Gasteiger partial charge >= 0.3 is 0 Å². The van der Waals surface area contributed by atoms with E-state index in [1.807, 2.05) is 37.2 Å². The summed E-state index contributed by atoms with van der Waals surface area (Å²) in [6.07, 6.45) is 1.38. The number of nitriles is 1. The Morgan fingerprint density at radius 3 is 2.21 bits per heavy atom. The van der Waals surface area contributed by atoms with E-state index in [9.17, 15) is 10.1 Å². The summed E-state index contributed by atoms with van der Waals surface area (Å²) in [7, 11) is 3.86. The fourth-order valence-electron chi connectivity index (χ4n) is 1.98. The van der Waals surface area contributed by atoms with Crippen molar-refractivity contribution in [2.45, 2.75) is 0 Å². The SMILES string of the molecule is CN(C)c1ccc(NC(=O)/C(C#N)=C\c2c(Cl)cccc2Cl)cc1. The fraction of sp³-hybridized carbons (Fsp3) is 0.111. The number of carbonyl (C=O) groups excluding carboxylic acids is 1. The first-order chi connectivity index (χ1) is 11.4. The molecule has 0 bridgehead atoms. The van der Waals surface area contributed by atoms with Crippen LogP contribution in [0.25, 0.3) is 6.08 Å². The van der Waals surface area contributed by atoms with Gasteiger partial charge in [-0.3, -0.25) is 4.79 Å². The zero-order valence-corrected chi connectivity index (χ0v) is 14.7. The number of halogens is 2. The Morgan fingerprint density at radius 1 is 1.12 bits per heavy atom. The summed E-state index contributed by atoms with van der Waals surface area (Å²) in [6, 6.07) is 14.1. The summed E-state index contributed by atoms with van der Waals surface area (Å²) in [5, 5.41) is 12.7. The molecule has 0 atom stereocenters. The average Bonchev–Trinajstić information content (AvgIpc) is 2.55. The molecule has 122 valence electrons. The van der Waals surface area contributed by atoms with Gasteiger partial charge in [-0.1, -0.05) is 29.3 Å². The van der Waals surface area contributed by atoms with Crippen LogP contribution < -0.4 is 10.2 Å². The van der Waals surface area contributed by atoms with E-state index in [0.717, 1.165) is 5.69 Å². The van der Waals surface area contributed by atoms with Gasteiger partial charge in [-0.05, 0) is 42.5 Å². The topological polar surface area (TPSA) is 56.1 Å². The Kier molecular flexibility index (Phi) is 5.86. The molecule has 2 rings (SSSR count). The van der Waals surface area contributed by atoms with Crippen molar-refractivity contribution in [3.63, 3.8) is 0 Å². The smallest absolute Gasteiger partial charge is 0.266 e. The summed E-state index contributed by atoms with van der Waals surface area (Å²) in [4.78, 5) is 14.2. The largest absolute Gasteiger partial charge is 0.378 e. The number of hydrogen-bond donors (Lipinski definition) is 1. The van der Waals surface area contributed by atoms with Crippen molar-refractivity contribution in [2.24, 2.45) is 0 Å². The fourth-order valence-corrected chi connectivity index (χ4v) is 2.49. The zero-order valence-electron chi connectivity index (χ0n) is 13.2. The van der Waals surface area contributed by atoms with Crippen molar-refractivity contribution < 1.29 is 4.79 Å². The van der Waals surface area contributed by atoms with E-state index in [4.69, 9.17) is 23.2 Å². The number of carbonyl (C=O) groups is 1. The molecule has 0 heterocycles. The van der Waals surface area contributed by atoms with Crippen molar-refractivity contribution in [3.05, 3.63) is 63.6 Å². The maximum Gasteiger partial charge on any atom is 0.266 e. The monoisotopic (exact) mass is 359 g/mol. The predicted molar refractivity (Wildman–Crippen MR) is 99.5 cm³/mol. The average molecular weight is 360 g/mol. The van der Waals surface area contributed by atoms with Crippen LogP contribution in [0.1, 0.15) is 5.56 Å². The molecule has 0 aliphatic rings. The van der Waals surface area contributed by atoms with E-state index in [2.05, 4.69) is 5.32 Å². The third kappa shape index (κ3) is 4.29. The molecular formula is C18H15Cl2N3O. The van der Waals surface area contributed by atoms with Gasteiger partial charge in [0.15, 0.2) is 0 Å². The van der Waals surface area contributed by atoms with Crippen LogP contribution in [-0.4, -0.2) is 20.0 Å². The maximum atomic E-state index is 12.3. The molecule has 6 heteroatoms. The van der Waals surface area contributed by atoms with Gasteiger partial charge in [0.1, 0.15) is 11.6 Å². The van der Waals surface area contributed by atoms with Gasteiger partial charge in [0.25, 0.3) is 5.91 Å². The standard InChI is InChI=1S/C18H15Cl2N3O/c1-23(2)14-8-6-13(7-9-14)22-18(24)12(11-21)10-15-16(19)4-3-5-17(15)20/h3-10H,1-2H3,(H,22,24)/b12-10-. The number of anilines is 2. The molecule has 0 saturated carbocycles. The molecule has 0 unspecified atom stereocenters. The number of hydrogen-bond acceptors (Lipinski definition) is 3. The Labute approximate surface area is 150 Å². The van der Waals surface area contributed by atoms with Gasteiger partial charge < -0.3 is 10.2 Å². The maximum absolute atomic E-state index is 12.3. The molecule has 4 nitrogen and oxygen atoms in total. The summed E-state index contributed by atoms with van der Waals surface area (Å²) < 4.78 is 0. The van der Waals surface area contributed by atoms with Gasteiger partial charge in [0.2, 0.25) is 0 Å². The van der Waals surface area contributed by atoms with Crippen LogP contribution in [0.3, 0.4) is 0 Å². The molecule has 24 heavy (non-hydrogen) atoms. The van der Waals surface area contributed by atoms with Crippen molar-refractivity contribution in [1.29, 1.82) is 5.26 Å². The van der Waals surface area contributed by atoms with E-state index in [-0.39, 0.29) is 5.57 Å². The quantitative estimate of drug-likeness (QED) is 0.640. The van der Waals surface area contributed by atoms with E-state index in [1.165, 1.54) is 6.08 Å². The molecule has 0 fully saturated rings. The van der Waals surface area contributed by atoms with E-state index < -0.39 is 5.91 Å². The first-order valence-electron chi connectivity index (χ1n) is 7.07. The second-order valence-electron chi connectivity index (χ2n) is 5.20. The van der Waals surface area contributed by atoms with Crippen LogP contribution in [-0.2, 0) is 4.79 Å². The Bertz CT molecular complexity index is 801. The lowest BCUT2D eigenvalue weighted by molar-refractivity contribution is -0.112. The first kappa shape index (κ1) is 17.9. The van der Waals surface area contributed by atoms with Crippen molar-refractivity contribution in [1.82, 2.24) is 0 Å². The minimum Gasteiger partial charge on any atom is -0.378 e. The highest BCUT2D eigenvalue weighted by Gasteiger charge is 2.12. The normalized spacial score (nSPS) is 10.9. The van der Waals surface area contributed by atoms with Gasteiger partial charge in [-0.2, -0.15) is 5.26 Å². The van der Waals surface area contributed by atoms with E-state index in [1.54, 1.807) is 30.3 Å². The summed E-state index contributed by atoms with van der Waals surface area (Å²) in [5.41, 5.74) is 1.96. The van der Waals surface area contributed by atoms with Crippen LogP contribution in [0.2, 0.25) is 10.0 Å². The second-order valence-corrected chi connectivity index (χ2v) is 6.01. The van der Waals surface area contributed by atoms with Crippen LogP contribution in [0.15, 0.2) is 48.0 Å². The molecule has 1 N–H and O–H groups in total. The van der Waals surface area contributed by atoms with Gasteiger partial charge in [0.05, 0.1) is 0 Å². The van der Waals surface area contributed by atoms with Crippen molar-refractivity contribution in [2.75, 3.05) is 24.3 Å². The Balaban J connectivity index is 2.23. The molecule has 0 saturated heterocycles. The molecule has 2 aromatic carbocycles. The van der Waals surface area contributed by atoms with Crippen LogP contribution in [0.5, 0.6) is 0 Å². The molecule has 2 aromatic rings. The predicted octanol–water partition coefficient (Wildman–Crippen LogP) is 4.61. The number of amides is 1. The molecule has 0 spiro atoms. The van der Waals surface area contributed by atoms with Crippen LogP contribution in [0.4, 0.5) is 11.4 Å². The third-order valence-electron chi connectivity index (χ3n) is 3.30. The van der Waals surface area contributed by atoms with Gasteiger partial charge in [0, 0.05) is 41.1 Å². The summed E-state index contributed by atoms with van der Waals surface area (Å²) in [6.45, 7) is 0. The highest BCUT2D eigenvalue weighted by Crippen LogP contribution is 2.27. The Morgan fingerprint density at radius 2 is 1.71 bits per heavy atom. The molecule has 0 radical (unpaired) electrons. The van der Waals surface area contributed by atoms with Crippen LogP contribution >= 0.6 is 23.2 Å². The number of rotatable bonds is 4. The van der Waals surface area contributed by atoms with E-state index in [0.29, 0.717) is 21.3 Å². The number of nitrogens with zero attached hydrogens (tertiary/aromatic N) is 2. The summed E-state index contributed by atoms with van der Waals surface area (Å²) in [5.74, 6) is -0.522. The van der Waals surface area contributed by atoms with Crippen LogP contribution in [0, 0.1) is 11.3 Å². The minimum atomic E-state index is -0.522. The van der Waals surface area contributed by atoms with Crippen molar-refractivity contribution >= 4 is 46.6 Å². The molecule has 0 aromatic heterocycles. The van der Waals surface area contributed by atoms with Gasteiger partial charge in [-0.15, -0.1) is 0 Å². The summed E-state index contributed by atoms with van der Waals surface area (Å²) >= 11 is 12.1. The lowest BCUT2D eigenvalue weighted by Crippen LogP contribution is -2.14. The second kappa shape index (κ2) is 7.87. The Hall–Kier alpha value is -2.48. The highest BCUT2D eigenvalue weighted by atomic mass is 35.5. The first-order valence-corrected chi connectivity index (χ1v) is 7.82. The lowest BCUT2D eigenvalue weighted by atomic mass is 10.1. The molecule has 0 aliphatic carbocycles. The zero-order chi connectivity index (χ0) is 17.7. The third-order valence-corrected chi connectivity index (χ3v) is 3.95. The molecular weight excluding hydrogens is 345 g/mol. The minimum absolute atomic E-state index is 0.0818. The van der Waals surface area contributed by atoms with E-state index >= 15 is 0 Å². The lowest BCUT2D eigenvalue weighted by Gasteiger charge is -2.13. The molecule has 1 amide bonds. The highest BCUT2D eigenvalue weighted by molar-refractivity contribution is 6.37. The van der Waals surface area contributed by atoms with Gasteiger partial charge in [-0.25, -0.2) is 0 Å². The van der Waals surface area contributed by atoms with Crippen molar-refractivity contribution in [3.8, 4) is 6.07 Å². The molecule has 0 aliphatic heterocycles. The number of nitrogens with one attached hydrogen (secondary N) is 1.